The van der Waals surface area contributed by atoms with Crippen LogP contribution in [0.1, 0.15) is 55.2 Å². The van der Waals surface area contributed by atoms with Gasteiger partial charge in [-0.3, -0.25) is 9.59 Å². The number of hydrogen-bond donors (Lipinski definition) is 2. The highest BCUT2D eigenvalue weighted by Gasteiger charge is 2.52. The number of aliphatic hydroxyl groups excluding tert-OH is 2. The van der Waals surface area contributed by atoms with Gasteiger partial charge in [0.1, 0.15) is 0 Å². The van der Waals surface area contributed by atoms with Gasteiger partial charge in [0.15, 0.2) is 11.6 Å². The number of aryl methyl sites for hydroxylation is 2. The normalized spacial score (nSPS) is 28.2. The molecule has 2 aromatic carbocycles. The minimum Gasteiger partial charge on any atom is -0.388 e. The van der Waals surface area contributed by atoms with Gasteiger partial charge in [-0.25, -0.2) is 0 Å². The zero-order valence-corrected chi connectivity index (χ0v) is 13.5. The van der Waals surface area contributed by atoms with Gasteiger partial charge in [0.25, 0.3) is 0 Å². The van der Waals surface area contributed by atoms with Crippen LogP contribution < -0.4 is 0 Å². The maximum atomic E-state index is 12.8. The predicted octanol–water partition coefficient (Wildman–Crippen LogP) is 2.70. The Morgan fingerprint density at radius 1 is 0.708 bits per heavy atom. The summed E-state index contributed by atoms with van der Waals surface area (Å²) >= 11 is 0. The van der Waals surface area contributed by atoms with Crippen LogP contribution in [0.2, 0.25) is 0 Å². The topological polar surface area (TPSA) is 74.6 Å². The van der Waals surface area contributed by atoms with Crippen LogP contribution in [0.5, 0.6) is 0 Å². The molecule has 0 fully saturated rings. The lowest BCUT2D eigenvalue weighted by atomic mass is 9.83. The van der Waals surface area contributed by atoms with Gasteiger partial charge in [0.05, 0.1) is 24.0 Å². The fourth-order valence-corrected chi connectivity index (χ4v) is 4.05. The second-order valence-electron chi connectivity index (χ2n) is 6.85. The van der Waals surface area contributed by atoms with Crippen LogP contribution in [0.15, 0.2) is 36.4 Å². The van der Waals surface area contributed by atoms with Gasteiger partial charge in [-0.15, -0.1) is 0 Å². The molecular weight excluding hydrogens is 304 g/mol. The number of Topliss-reactive ketones (excluding diaryl/α,β-unsaturated/α-hetero) is 2. The highest BCUT2D eigenvalue weighted by Crippen LogP contribution is 2.49. The number of hydrogen-bond acceptors (Lipinski definition) is 4. The predicted molar refractivity (Wildman–Crippen MR) is 87.9 cm³/mol. The maximum absolute atomic E-state index is 12.8. The molecule has 0 radical (unpaired) electrons. The molecule has 122 valence electrons. The zero-order valence-electron chi connectivity index (χ0n) is 13.5. The van der Waals surface area contributed by atoms with E-state index in [1.807, 2.05) is 26.0 Å². The van der Waals surface area contributed by atoms with Gasteiger partial charge in [-0.1, -0.05) is 47.5 Å². The molecule has 2 aromatic rings. The Morgan fingerprint density at radius 2 is 1.08 bits per heavy atom. The summed E-state index contributed by atoms with van der Waals surface area (Å²) < 4.78 is 0. The SMILES string of the molecule is Cc1ccc2c(c1)C(O)C(C1C(=O)c3ccc(C)cc3C1O)C2=O. The molecule has 0 aliphatic heterocycles. The highest BCUT2D eigenvalue weighted by molar-refractivity contribution is 6.10. The van der Waals surface area contributed by atoms with E-state index >= 15 is 0 Å². The molecule has 0 heterocycles. The van der Waals surface area contributed by atoms with E-state index < -0.39 is 24.0 Å². The molecular formula is C20H18O4. The molecule has 4 atom stereocenters. The Hall–Kier alpha value is -2.30. The first-order chi connectivity index (χ1) is 11.4. The monoisotopic (exact) mass is 322 g/mol. The van der Waals surface area contributed by atoms with Crippen LogP contribution in [0, 0.1) is 25.7 Å². The number of aliphatic hydroxyl groups is 2. The second kappa shape index (κ2) is 5.10. The third kappa shape index (κ3) is 1.93. The lowest BCUT2D eigenvalue weighted by molar-refractivity contribution is 0.0232. The molecule has 4 unspecified atom stereocenters. The van der Waals surface area contributed by atoms with E-state index in [2.05, 4.69) is 0 Å². The third-order valence-electron chi connectivity index (χ3n) is 5.26. The van der Waals surface area contributed by atoms with Gasteiger partial charge >= 0.3 is 0 Å². The van der Waals surface area contributed by atoms with Gasteiger partial charge in [0.2, 0.25) is 0 Å². The van der Waals surface area contributed by atoms with E-state index in [1.54, 1.807) is 24.3 Å². The average Bonchev–Trinajstić information content (AvgIpc) is 2.92. The van der Waals surface area contributed by atoms with Gasteiger partial charge in [-0.2, -0.15) is 0 Å². The highest BCUT2D eigenvalue weighted by atomic mass is 16.3. The first-order valence-corrected chi connectivity index (χ1v) is 8.06. The first kappa shape index (κ1) is 15.2. The number of rotatable bonds is 1. The number of carbonyl (C=O) groups excluding carboxylic acids is 2. The fraction of sp³-hybridized carbons (Fsp3) is 0.300. The van der Waals surface area contributed by atoms with Crippen molar-refractivity contribution in [3.63, 3.8) is 0 Å². The van der Waals surface area contributed by atoms with Crippen LogP contribution in [0.25, 0.3) is 0 Å². The van der Waals surface area contributed by atoms with E-state index in [0.29, 0.717) is 22.3 Å². The van der Waals surface area contributed by atoms with Gasteiger partial charge < -0.3 is 10.2 Å². The minimum absolute atomic E-state index is 0.264. The van der Waals surface area contributed by atoms with Crippen molar-refractivity contribution >= 4 is 11.6 Å². The smallest absolute Gasteiger partial charge is 0.170 e. The maximum Gasteiger partial charge on any atom is 0.170 e. The Morgan fingerprint density at radius 3 is 1.46 bits per heavy atom. The molecule has 4 nitrogen and oxygen atoms in total. The molecule has 4 heteroatoms. The van der Waals surface area contributed by atoms with Gasteiger partial charge in [-0.05, 0) is 25.0 Å². The Kier molecular flexibility index (Phi) is 3.24. The average molecular weight is 322 g/mol. The molecule has 0 saturated carbocycles. The van der Waals surface area contributed by atoms with Crippen molar-refractivity contribution in [2.24, 2.45) is 11.8 Å². The quantitative estimate of drug-likeness (QED) is 0.846. The summed E-state index contributed by atoms with van der Waals surface area (Å²) in [6.07, 6.45) is -2.13. The van der Waals surface area contributed by atoms with Crippen molar-refractivity contribution in [2.45, 2.75) is 26.1 Å². The second-order valence-corrected chi connectivity index (χ2v) is 6.85. The standard InChI is InChI=1S/C20H18O4/c1-9-3-5-11-13(7-9)19(23)15(17(11)21)16-18(22)12-6-4-10(2)8-14(12)20(16)24/h3-8,15-16,19-20,23-24H,1-2H3. The molecule has 0 spiro atoms. The molecule has 2 aliphatic carbocycles. The van der Waals surface area contributed by atoms with E-state index in [0.717, 1.165) is 11.1 Å². The zero-order chi connectivity index (χ0) is 17.2. The van der Waals surface area contributed by atoms with Crippen LogP contribution in [-0.4, -0.2) is 21.8 Å². The van der Waals surface area contributed by atoms with E-state index in [1.165, 1.54) is 0 Å². The molecule has 0 bridgehead atoms. The molecule has 2 N–H and O–H groups in total. The number of fused-ring (bicyclic) bond motifs is 2. The van der Waals surface area contributed by atoms with Crippen LogP contribution in [0.3, 0.4) is 0 Å². The fourth-order valence-electron chi connectivity index (χ4n) is 4.05. The number of ketones is 2. The van der Waals surface area contributed by atoms with Crippen molar-refractivity contribution in [3.05, 3.63) is 69.8 Å². The first-order valence-electron chi connectivity index (χ1n) is 8.06. The summed E-state index contributed by atoms with van der Waals surface area (Å²) in [4.78, 5) is 25.6. The summed E-state index contributed by atoms with van der Waals surface area (Å²) in [6, 6.07) is 10.6. The third-order valence-corrected chi connectivity index (χ3v) is 5.26. The Bertz CT molecular complexity index is 810. The molecule has 0 amide bonds. The van der Waals surface area contributed by atoms with Crippen LogP contribution in [0.4, 0.5) is 0 Å². The Labute approximate surface area is 139 Å². The Balaban J connectivity index is 1.78. The summed E-state index contributed by atoms with van der Waals surface area (Å²) in [6.45, 7) is 3.78. The number of benzene rings is 2. The lowest BCUT2D eigenvalue weighted by Gasteiger charge is -2.23. The molecule has 0 aromatic heterocycles. The van der Waals surface area contributed by atoms with Crippen molar-refractivity contribution in [1.29, 1.82) is 0 Å². The summed E-state index contributed by atoms with van der Waals surface area (Å²) in [5, 5.41) is 21.4. The van der Waals surface area contributed by atoms with Crippen molar-refractivity contribution in [2.75, 3.05) is 0 Å². The number of carbonyl (C=O) groups is 2. The summed E-state index contributed by atoms with van der Waals surface area (Å²) in [5.74, 6) is -2.40. The lowest BCUT2D eigenvalue weighted by Crippen LogP contribution is -2.30. The van der Waals surface area contributed by atoms with Crippen molar-refractivity contribution in [1.82, 2.24) is 0 Å². The van der Waals surface area contributed by atoms with Crippen LogP contribution >= 0.6 is 0 Å². The molecule has 0 saturated heterocycles. The van der Waals surface area contributed by atoms with Crippen molar-refractivity contribution in [3.8, 4) is 0 Å². The van der Waals surface area contributed by atoms with Crippen LogP contribution in [-0.2, 0) is 0 Å². The largest absolute Gasteiger partial charge is 0.388 e. The summed E-state index contributed by atoms with van der Waals surface area (Å²) in [7, 11) is 0. The van der Waals surface area contributed by atoms with Gasteiger partial charge in [0, 0.05) is 11.1 Å². The molecule has 4 rings (SSSR count). The van der Waals surface area contributed by atoms with E-state index in [4.69, 9.17) is 0 Å². The summed E-state index contributed by atoms with van der Waals surface area (Å²) in [5.41, 5.74) is 3.89. The van der Waals surface area contributed by atoms with Crippen molar-refractivity contribution < 1.29 is 19.8 Å². The van der Waals surface area contributed by atoms with E-state index in [-0.39, 0.29) is 11.6 Å². The van der Waals surface area contributed by atoms with E-state index in [9.17, 15) is 19.8 Å². The molecule has 2 aliphatic rings. The minimum atomic E-state index is -1.06. The molecule has 24 heavy (non-hydrogen) atoms.